The van der Waals surface area contributed by atoms with E-state index in [2.05, 4.69) is 43.8 Å². The van der Waals surface area contributed by atoms with E-state index < -0.39 is 0 Å². The van der Waals surface area contributed by atoms with Gasteiger partial charge in [0.15, 0.2) is 0 Å². The van der Waals surface area contributed by atoms with Crippen LogP contribution in [0.25, 0.3) is 0 Å². The molecule has 1 aromatic carbocycles. The Bertz CT molecular complexity index is 415. The summed E-state index contributed by atoms with van der Waals surface area (Å²) in [6.07, 6.45) is 5.95. The van der Waals surface area contributed by atoms with Crippen LogP contribution in [0.1, 0.15) is 39.0 Å². The van der Waals surface area contributed by atoms with Gasteiger partial charge in [-0.1, -0.05) is 36.6 Å². The van der Waals surface area contributed by atoms with Gasteiger partial charge < -0.3 is 4.74 Å². The summed E-state index contributed by atoms with van der Waals surface area (Å²) in [6.45, 7) is 6.21. The maximum Gasteiger partial charge on any atom is 0.0836 e. The molecule has 2 rings (SSSR count). The van der Waals surface area contributed by atoms with Crippen LogP contribution in [-0.4, -0.2) is 18.0 Å². The standard InChI is InChI=1S/C17H24OS/c1-14(2)13-17(18-3)12-8-7-11-16(17)19-15-9-5-4-6-10-15/h4-6,9-10,16H,1,7-8,11-13H2,2-3H3/t16-,17-/m0/s1. The largest absolute Gasteiger partial charge is 0.377 e. The van der Waals surface area contributed by atoms with Crippen LogP contribution >= 0.6 is 11.8 Å². The molecule has 19 heavy (non-hydrogen) atoms. The smallest absolute Gasteiger partial charge is 0.0836 e. The summed E-state index contributed by atoms with van der Waals surface area (Å²) >= 11 is 1.97. The Kier molecular flexibility index (Phi) is 5.12. The summed E-state index contributed by atoms with van der Waals surface area (Å²) in [5.74, 6) is 0. The molecule has 0 radical (unpaired) electrons. The Morgan fingerprint density at radius 1 is 1.37 bits per heavy atom. The molecule has 0 aliphatic heterocycles. The molecule has 0 bridgehead atoms. The first-order valence-corrected chi connectivity index (χ1v) is 7.95. The quantitative estimate of drug-likeness (QED) is 0.694. The van der Waals surface area contributed by atoms with Crippen molar-refractivity contribution < 1.29 is 4.74 Å². The minimum Gasteiger partial charge on any atom is -0.377 e. The molecule has 1 nitrogen and oxygen atoms in total. The first kappa shape index (κ1) is 14.7. The highest BCUT2D eigenvalue weighted by Crippen LogP contribution is 2.44. The van der Waals surface area contributed by atoms with E-state index in [1.54, 1.807) is 0 Å². The molecule has 1 aliphatic carbocycles. The third-order valence-electron chi connectivity index (χ3n) is 3.93. The fourth-order valence-corrected chi connectivity index (χ4v) is 4.47. The average molecular weight is 276 g/mol. The van der Waals surface area contributed by atoms with E-state index >= 15 is 0 Å². The van der Waals surface area contributed by atoms with Crippen LogP contribution in [0.15, 0.2) is 47.4 Å². The zero-order valence-electron chi connectivity index (χ0n) is 12.0. The van der Waals surface area contributed by atoms with Gasteiger partial charge in [-0.25, -0.2) is 0 Å². The Labute approximate surface area is 121 Å². The molecule has 0 amide bonds. The molecular weight excluding hydrogens is 252 g/mol. The summed E-state index contributed by atoms with van der Waals surface area (Å²) in [6, 6.07) is 10.7. The van der Waals surface area contributed by atoms with Crippen molar-refractivity contribution in [3.8, 4) is 0 Å². The van der Waals surface area contributed by atoms with Crippen LogP contribution in [0, 0.1) is 0 Å². The second-order valence-electron chi connectivity index (χ2n) is 5.57. The second-order valence-corrected chi connectivity index (χ2v) is 6.84. The zero-order chi connectivity index (χ0) is 13.7. The summed E-state index contributed by atoms with van der Waals surface area (Å²) in [4.78, 5) is 1.34. The molecule has 104 valence electrons. The minimum atomic E-state index is -0.0232. The number of ether oxygens (including phenoxy) is 1. The molecule has 1 fully saturated rings. The highest BCUT2D eigenvalue weighted by molar-refractivity contribution is 8.00. The first-order chi connectivity index (χ1) is 9.16. The van der Waals surface area contributed by atoms with Crippen molar-refractivity contribution >= 4 is 11.8 Å². The summed E-state index contributed by atoms with van der Waals surface area (Å²) in [7, 11) is 1.87. The van der Waals surface area contributed by atoms with E-state index in [1.165, 1.54) is 29.7 Å². The highest BCUT2D eigenvalue weighted by Gasteiger charge is 2.41. The molecule has 0 heterocycles. The number of methoxy groups -OCH3 is 1. The van der Waals surface area contributed by atoms with Crippen LogP contribution < -0.4 is 0 Å². The molecule has 0 saturated heterocycles. The normalized spacial score (nSPS) is 27.2. The maximum absolute atomic E-state index is 5.99. The zero-order valence-corrected chi connectivity index (χ0v) is 12.8. The Morgan fingerprint density at radius 2 is 2.11 bits per heavy atom. The van der Waals surface area contributed by atoms with Crippen molar-refractivity contribution in [1.29, 1.82) is 0 Å². The van der Waals surface area contributed by atoms with Gasteiger partial charge in [-0.15, -0.1) is 18.3 Å². The van der Waals surface area contributed by atoms with E-state index in [1.807, 2.05) is 18.9 Å². The lowest BCUT2D eigenvalue weighted by molar-refractivity contribution is -0.0327. The van der Waals surface area contributed by atoms with E-state index in [0.29, 0.717) is 5.25 Å². The van der Waals surface area contributed by atoms with Crippen molar-refractivity contribution in [2.75, 3.05) is 7.11 Å². The predicted molar refractivity (Wildman–Crippen MR) is 83.7 cm³/mol. The Hall–Kier alpha value is -0.730. The number of benzene rings is 1. The van der Waals surface area contributed by atoms with Crippen molar-refractivity contribution in [2.24, 2.45) is 0 Å². The molecular formula is C17H24OS. The lowest BCUT2D eigenvalue weighted by Gasteiger charge is -2.43. The van der Waals surface area contributed by atoms with Gasteiger partial charge in [0, 0.05) is 17.3 Å². The maximum atomic E-state index is 5.99. The van der Waals surface area contributed by atoms with Gasteiger partial charge in [-0.2, -0.15) is 0 Å². The average Bonchev–Trinajstić information content (AvgIpc) is 2.42. The van der Waals surface area contributed by atoms with Crippen LogP contribution in [0.2, 0.25) is 0 Å². The third kappa shape index (κ3) is 3.64. The lowest BCUT2D eigenvalue weighted by atomic mass is 9.80. The molecule has 1 saturated carbocycles. The van der Waals surface area contributed by atoms with Gasteiger partial charge >= 0.3 is 0 Å². The van der Waals surface area contributed by atoms with E-state index in [0.717, 1.165) is 12.8 Å². The van der Waals surface area contributed by atoms with Gasteiger partial charge in [-0.05, 0) is 38.3 Å². The second kappa shape index (κ2) is 6.62. The van der Waals surface area contributed by atoms with Gasteiger partial charge in [0.1, 0.15) is 0 Å². The number of hydrogen-bond acceptors (Lipinski definition) is 2. The molecule has 1 aliphatic rings. The van der Waals surface area contributed by atoms with Gasteiger partial charge in [0.05, 0.1) is 5.60 Å². The number of thioether (sulfide) groups is 1. The van der Waals surface area contributed by atoms with Gasteiger partial charge in [-0.3, -0.25) is 0 Å². The fraction of sp³-hybridized carbons (Fsp3) is 0.529. The Balaban J connectivity index is 2.16. The van der Waals surface area contributed by atoms with Crippen LogP contribution in [0.3, 0.4) is 0 Å². The van der Waals surface area contributed by atoms with Crippen LogP contribution in [-0.2, 0) is 4.74 Å². The lowest BCUT2D eigenvalue weighted by Crippen LogP contribution is -2.45. The van der Waals surface area contributed by atoms with Crippen LogP contribution in [0.5, 0.6) is 0 Å². The molecule has 0 aromatic heterocycles. The van der Waals surface area contributed by atoms with Crippen molar-refractivity contribution in [3.63, 3.8) is 0 Å². The summed E-state index contributed by atoms with van der Waals surface area (Å²) in [5, 5.41) is 0.533. The minimum absolute atomic E-state index is 0.0232. The van der Waals surface area contributed by atoms with E-state index in [4.69, 9.17) is 4.74 Å². The van der Waals surface area contributed by atoms with Crippen molar-refractivity contribution in [3.05, 3.63) is 42.5 Å². The molecule has 0 spiro atoms. The van der Waals surface area contributed by atoms with Crippen molar-refractivity contribution in [1.82, 2.24) is 0 Å². The molecule has 1 aromatic rings. The molecule has 0 unspecified atom stereocenters. The topological polar surface area (TPSA) is 9.23 Å². The molecule has 2 atom stereocenters. The summed E-state index contributed by atoms with van der Waals surface area (Å²) in [5.41, 5.74) is 1.20. The number of hydrogen-bond donors (Lipinski definition) is 0. The van der Waals surface area contributed by atoms with Gasteiger partial charge in [0.25, 0.3) is 0 Å². The molecule has 2 heteroatoms. The first-order valence-electron chi connectivity index (χ1n) is 7.07. The van der Waals surface area contributed by atoms with Crippen molar-refractivity contribution in [2.45, 2.75) is 54.8 Å². The summed E-state index contributed by atoms with van der Waals surface area (Å²) < 4.78 is 5.99. The van der Waals surface area contributed by atoms with Gasteiger partial charge in [0.2, 0.25) is 0 Å². The van der Waals surface area contributed by atoms with E-state index in [9.17, 15) is 0 Å². The fourth-order valence-electron chi connectivity index (χ4n) is 3.03. The molecule has 0 N–H and O–H groups in total. The van der Waals surface area contributed by atoms with Crippen LogP contribution in [0.4, 0.5) is 0 Å². The van der Waals surface area contributed by atoms with E-state index in [-0.39, 0.29) is 5.60 Å². The third-order valence-corrected chi connectivity index (χ3v) is 5.43. The Morgan fingerprint density at radius 3 is 2.74 bits per heavy atom. The predicted octanol–water partition coefficient (Wildman–Crippen LogP) is 5.07. The monoisotopic (exact) mass is 276 g/mol. The highest BCUT2D eigenvalue weighted by atomic mass is 32.2. The SMILES string of the molecule is C=C(C)C[C@@]1(OC)CCCC[C@@H]1Sc1ccccc1. The number of rotatable bonds is 5.